The SMILES string of the molecule is C[C@H](NC(=O)/C=C/c1ccccc1)C(=O)NNC(=S)NC(C)(C)C. The van der Waals surface area contributed by atoms with E-state index in [4.69, 9.17) is 12.2 Å². The van der Waals surface area contributed by atoms with Gasteiger partial charge in [-0.05, 0) is 51.6 Å². The summed E-state index contributed by atoms with van der Waals surface area (Å²) in [5, 5.41) is 5.88. The second kappa shape index (κ2) is 9.02. The summed E-state index contributed by atoms with van der Waals surface area (Å²) in [7, 11) is 0. The molecule has 0 bridgehead atoms. The number of carbonyl (C=O) groups excluding carboxylic acids is 2. The highest BCUT2D eigenvalue weighted by atomic mass is 32.1. The summed E-state index contributed by atoms with van der Waals surface area (Å²) >= 11 is 5.06. The predicted octanol–water partition coefficient (Wildman–Crippen LogP) is 1.50. The molecule has 0 aliphatic carbocycles. The Balaban J connectivity index is 2.39. The number of carbonyl (C=O) groups is 2. The van der Waals surface area contributed by atoms with Crippen molar-refractivity contribution >= 4 is 35.2 Å². The molecule has 1 atom stereocenters. The highest BCUT2D eigenvalue weighted by Crippen LogP contribution is 2.00. The molecule has 130 valence electrons. The van der Waals surface area contributed by atoms with Crippen molar-refractivity contribution in [3.8, 4) is 0 Å². The maximum atomic E-state index is 11.9. The van der Waals surface area contributed by atoms with Crippen LogP contribution in [0.25, 0.3) is 6.08 Å². The van der Waals surface area contributed by atoms with E-state index in [-0.39, 0.29) is 11.4 Å². The Morgan fingerprint density at radius 1 is 1.12 bits per heavy atom. The van der Waals surface area contributed by atoms with Crippen molar-refractivity contribution < 1.29 is 9.59 Å². The molecule has 7 heteroatoms. The summed E-state index contributed by atoms with van der Waals surface area (Å²) in [6.45, 7) is 7.44. The molecule has 24 heavy (non-hydrogen) atoms. The van der Waals surface area contributed by atoms with E-state index in [2.05, 4.69) is 21.5 Å². The zero-order valence-electron chi connectivity index (χ0n) is 14.3. The van der Waals surface area contributed by atoms with Gasteiger partial charge in [-0.2, -0.15) is 0 Å². The number of thiocarbonyl (C=S) groups is 1. The van der Waals surface area contributed by atoms with Crippen molar-refractivity contribution in [2.45, 2.75) is 39.3 Å². The summed E-state index contributed by atoms with van der Waals surface area (Å²) in [6, 6.07) is 8.72. The lowest BCUT2D eigenvalue weighted by molar-refractivity contribution is -0.127. The molecular weight excluding hydrogens is 324 g/mol. The fourth-order valence-electron chi connectivity index (χ4n) is 1.66. The van der Waals surface area contributed by atoms with Gasteiger partial charge in [-0.3, -0.25) is 20.4 Å². The molecule has 0 aliphatic rings. The van der Waals surface area contributed by atoms with E-state index < -0.39 is 11.9 Å². The quantitative estimate of drug-likeness (QED) is 0.377. The molecule has 0 saturated carbocycles. The van der Waals surface area contributed by atoms with Crippen LogP contribution >= 0.6 is 12.2 Å². The molecule has 0 aliphatic heterocycles. The van der Waals surface area contributed by atoms with Crippen molar-refractivity contribution in [3.63, 3.8) is 0 Å². The molecule has 0 heterocycles. The Kier molecular flexibility index (Phi) is 7.38. The fraction of sp³-hybridized carbons (Fsp3) is 0.353. The zero-order valence-corrected chi connectivity index (χ0v) is 15.2. The molecule has 0 radical (unpaired) electrons. The number of hydrazine groups is 1. The largest absolute Gasteiger partial charge is 0.357 e. The first kappa shape index (κ1) is 19.6. The molecule has 0 saturated heterocycles. The minimum absolute atomic E-state index is 0.211. The Bertz CT molecular complexity index is 609. The van der Waals surface area contributed by atoms with Gasteiger partial charge in [-0.1, -0.05) is 30.3 Å². The molecule has 6 nitrogen and oxygen atoms in total. The first-order chi connectivity index (χ1) is 11.2. The Labute approximate surface area is 148 Å². The summed E-state index contributed by atoms with van der Waals surface area (Å²) in [4.78, 5) is 23.7. The molecule has 1 rings (SSSR count). The van der Waals surface area contributed by atoms with Gasteiger partial charge in [-0.25, -0.2) is 0 Å². The van der Waals surface area contributed by atoms with E-state index in [1.54, 1.807) is 13.0 Å². The van der Waals surface area contributed by atoms with Gasteiger partial charge in [0.05, 0.1) is 0 Å². The van der Waals surface area contributed by atoms with E-state index in [9.17, 15) is 9.59 Å². The molecule has 1 aromatic carbocycles. The lowest BCUT2D eigenvalue weighted by atomic mass is 10.1. The van der Waals surface area contributed by atoms with Gasteiger partial charge in [0.15, 0.2) is 5.11 Å². The predicted molar refractivity (Wildman–Crippen MR) is 99.8 cm³/mol. The van der Waals surface area contributed by atoms with Crippen molar-refractivity contribution in [2.24, 2.45) is 0 Å². The van der Waals surface area contributed by atoms with Gasteiger partial charge in [-0.15, -0.1) is 0 Å². The summed E-state index contributed by atoms with van der Waals surface area (Å²) in [5.74, 6) is -0.744. The third-order valence-corrected chi connectivity index (χ3v) is 2.97. The molecule has 0 fully saturated rings. The van der Waals surface area contributed by atoms with Crippen LogP contribution in [-0.2, 0) is 9.59 Å². The fourth-order valence-corrected chi connectivity index (χ4v) is 2.02. The highest BCUT2D eigenvalue weighted by molar-refractivity contribution is 7.80. The van der Waals surface area contributed by atoms with Crippen LogP contribution < -0.4 is 21.5 Å². The Morgan fingerprint density at radius 3 is 2.33 bits per heavy atom. The molecule has 0 aromatic heterocycles. The van der Waals surface area contributed by atoms with Crippen LogP contribution in [-0.4, -0.2) is 28.5 Å². The van der Waals surface area contributed by atoms with E-state index in [1.807, 2.05) is 51.1 Å². The van der Waals surface area contributed by atoms with Crippen LogP contribution in [0.1, 0.15) is 33.3 Å². The van der Waals surface area contributed by atoms with Crippen molar-refractivity contribution in [2.75, 3.05) is 0 Å². The maximum Gasteiger partial charge on any atom is 0.260 e. The summed E-state index contributed by atoms with van der Waals surface area (Å²) in [6.07, 6.45) is 3.07. The molecule has 4 N–H and O–H groups in total. The number of hydrogen-bond donors (Lipinski definition) is 4. The van der Waals surface area contributed by atoms with E-state index in [0.717, 1.165) is 5.56 Å². The van der Waals surface area contributed by atoms with Gasteiger partial charge >= 0.3 is 0 Å². The van der Waals surface area contributed by atoms with Gasteiger partial charge < -0.3 is 10.6 Å². The van der Waals surface area contributed by atoms with Crippen LogP contribution in [0.5, 0.6) is 0 Å². The number of amides is 2. The molecule has 2 amide bonds. The second-order valence-electron chi connectivity index (χ2n) is 6.29. The first-order valence-electron chi connectivity index (χ1n) is 7.59. The smallest absolute Gasteiger partial charge is 0.260 e. The topological polar surface area (TPSA) is 82.3 Å². The standard InChI is InChI=1S/C17H24N4O2S/c1-12(15(23)20-21-16(24)19-17(2,3)4)18-14(22)11-10-13-8-6-5-7-9-13/h5-12H,1-4H3,(H,18,22)(H,20,23)(H2,19,21,24)/b11-10+/t12-/m0/s1. The number of rotatable bonds is 4. The molecular formula is C17H24N4O2S. The number of benzene rings is 1. The van der Waals surface area contributed by atoms with E-state index in [0.29, 0.717) is 5.11 Å². The molecule has 0 unspecified atom stereocenters. The van der Waals surface area contributed by atoms with Gasteiger partial charge in [0.1, 0.15) is 6.04 Å². The number of hydrogen-bond acceptors (Lipinski definition) is 3. The number of nitrogens with one attached hydrogen (secondary N) is 4. The zero-order chi connectivity index (χ0) is 18.2. The minimum atomic E-state index is -0.706. The van der Waals surface area contributed by atoms with Crippen LogP contribution in [0.15, 0.2) is 36.4 Å². The lowest BCUT2D eigenvalue weighted by Crippen LogP contribution is -2.55. The van der Waals surface area contributed by atoms with E-state index >= 15 is 0 Å². The lowest BCUT2D eigenvalue weighted by Gasteiger charge is -2.23. The van der Waals surface area contributed by atoms with Crippen LogP contribution in [0.3, 0.4) is 0 Å². The molecule has 1 aromatic rings. The monoisotopic (exact) mass is 348 g/mol. The first-order valence-corrected chi connectivity index (χ1v) is 8.00. The Morgan fingerprint density at radius 2 is 1.75 bits per heavy atom. The van der Waals surface area contributed by atoms with Crippen LogP contribution in [0, 0.1) is 0 Å². The molecule has 0 spiro atoms. The van der Waals surface area contributed by atoms with Gasteiger partial charge in [0.2, 0.25) is 5.91 Å². The third kappa shape index (κ3) is 8.28. The van der Waals surface area contributed by atoms with Gasteiger partial charge in [0.25, 0.3) is 5.91 Å². The maximum absolute atomic E-state index is 11.9. The van der Waals surface area contributed by atoms with Gasteiger partial charge in [0, 0.05) is 11.6 Å². The van der Waals surface area contributed by atoms with Crippen molar-refractivity contribution in [1.82, 2.24) is 21.5 Å². The average Bonchev–Trinajstić information content (AvgIpc) is 2.50. The van der Waals surface area contributed by atoms with Crippen molar-refractivity contribution in [3.05, 3.63) is 42.0 Å². The third-order valence-electron chi connectivity index (χ3n) is 2.77. The normalized spacial score (nSPS) is 12.3. The van der Waals surface area contributed by atoms with Crippen LogP contribution in [0.4, 0.5) is 0 Å². The van der Waals surface area contributed by atoms with Crippen molar-refractivity contribution in [1.29, 1.82) is 0 Å². The van der Waals surface area contributed by atoms with Crippen LogP contribution in [0.2, 0.25) is 0 Å². The second-order valence-corrected chi connectivity index (χ2v) is 6.70. The van der Waals surface area contributed by atoms with E-state index in [1.165, 1.54) is 6.08 Å². The summed E-state index contributed by atoms with van der Waals surface area (Å²) < 4.78 is 0. The minimum Gasteiger partial charge on any atom is -0.357 e. The highest BCUT2D eigenvalue weighted by Gasteiger charge is 2.15. The Hall–Kier alpha value is -2.41. The average molecular weight is 348 g/mol. The summed E-state index contributed by atoms with van der Waals surface area (Å²) in [5.41, 5.74) is 5.75.